The number of piperidine rings is 1. The Hall–Kier alpha value is -1.35. The van der Waals surface area contributed by atoms with Gasteiger partial charge < -0.3 is 4.74 Å². The molecule has 1 aromatic carbocycles. The summed E-state index contributed by atoms with van der Waals surface area (Å²) in [6, 6.07) is 6.55. The second-order valence-electron chi connectivity index (χ2n) is 6.29. The minimum Gasteiger partial charge on any atom is -0.492 e. The predicted octanol–water partition coefficient (Wildman–Crippen LogP) is 4.27. The van der Waals surface area contributed by atoms with Crippen LogP contribution in [-0.2, 0) is 0 Å². The Balaban J connectivity index is 1.96. The zero-order chi connectivity index (χ0) is 15.2. The van der Waals surface area contributed by atoms with Crippen LogP contribution >= 0.6 is 0 Å². The van der Waals surface area contributed by atoms with Crippen molar-refractivity contribution in [2.75, 3.05) is 19.7 Å². The van der Waals surface area contributed by atoms with E-state index in [1.807, 2.05) is 0 Å². The maximum absolute atomic E-state index is 12.9. The van der Waals surface area contributed by atoms with Crippen LogP contribution in [0.2, 0.25) is 0 Å². The molecule has 2 nitrogen and oxygen atoms in total. The quantitative estimate of drug-likeness (QED) is 0.751. The van der Waals surface area contributed by atoms with Crippen LogP contribution < -0.4 is 4.74 Å². The van der Waals surface area contributed by atoms with Crippen LogP contribution in [0.15, 0.2) is 35.9 Å². The van der Waals surface area contributed by atoms with Crippen LogP contribution in [0.4, 0.5) is 4.39 Å². The van der Waals surface area contributed by atoms with Crippen molar-refractivity contribution in [3.8, 4) is 5.75 Å². The summed E-state index contributed by atoms with van der Waals surface area (Å²) in [7, 11) is 0. The van der Waals surface area contributed by atoms with Crippen LogP contribution in [-0.4, -0.2) is 30.6 Å². The predicted molar refractivity (Wildman–Crippen MR) is 85.1 cm³/mol. The van der Waals surface area contributed by atoms with Gasteiger partial charge in [0.2, 0.25) is 0 Å². The fourth-order valence-corrected chi connectivity index (χ4v) is 2.72. The lowest BCUT2D eigenvalue weighted by Crippen LogP contribution is -2.43. The molecule has 116 valence electrons. The summed E-state index contributed by atoms with van der Waals surface area (Å²) in [4.78, 5) is 2.50. The Bertz CT molecular complexity index is 457. The number of allylic oxidation sites excluding steroid dienone is 1. The van der Waals surface area contributed by atoms with Gasteiger partial charge in [-0.15, -0.1) is 0 Å². The Labute approximate surface area is 127 Å². The molecule has 3 heteroatoms. The Morgan fingerprint density at radius 2 is 1.90 bits per heavy atom. The van der Waals surface area contributed by atoms with E-state index in [-0.39, 0.29) is 5.82 Å². The number of hydrogen-bond acceptors (Lipinski definition) is 2. The second kappa shape index (κ2) is 7.60. The van der Waals surface area contributed by atoms with E-state index in [1.54, 1.807) is 12.1 Å². The molecule has 1 heterocycles. The van der Waals surface area contributed by atoms with E-state index in [1.165, 1.54) is 30.5 Å². The van der Waals surface area contributed by atoms with E-state index in [0.29, 0.717) is 12.6 Å². The fourth-order valence-electron chi connectivity index (χ4n) is 2.72. The molecule has 21 heavy (non-hydrogen) atoms. The van der Waals surface area contributed by atoms with Gasteiger partial charge in [0.15, 0.2) is 0 Å². The molecule has 0 spiro atoms. The fraction of sp³-hybridized carbons (Fsp3) is 0.556. The molecule has 1 aliphatic heterocycles. The molecule has 1 unspecified atom stereocenters. The summed E-state index contributed by atoms with van der Waals surface area (Å²) in [5.41, 5.74) is 1.31. The highest BCUT2D eigenvalue weighted by molar-refractivity contribution is 5.22. The van der Waals surface area contributed by atoms with Crippen LogP contribution in [0.1, 0.15) is 33.6 Å². The van der Waals surface area contributed by atoms with Crippen molar-refractivity contribution in [2.24, 2.45) is 5.92 Å². The van der Waals surface area contributed by atoms with Gasteiger partial charge in [-0.2, -0.15) is 0 Å². The maximum Gasteiger partial charge on any atom is 0.123 e. The molecule has 1 aromatic rings. The van der Waals surface area contributed by atoms with Gasteiger partial charge >= 0.3 is 0 Å². The summed E-state index contributed by atoms with van der Waals surface area (Å²) in [5.74, 6) is 1.33. The first-order chi connectivity index (χ1) is 10.0. The zero-order valence-corrected chi connectivity index (χ0v) is 13.3. The van der Waals surface area contributed by atoms with E-state index in [9.17, 15) is 4.39 Å². The lowest BCUT2D eigenvalue weighted by atomic mass is 9.97. The SMILES string of the molecule is CC(C)=CC(COc1ccc(F)cc1)N1CCC(C)CC1. The van der Waals surface area contributed by atoms with Crippen molar-refractivity contribution in [1.29, 1.82) is 0 Å². The van der Waals surface area contributed by atoms with E-state index in [2.05, 4.69) is 31.7 Å². The normalized spacial score (nSPS) is 18.3. The number of hydrogen-bond donors (Lipinski definition) is 0. The highest BCUT2D eigenvalue weighted by Gasteiger charge is 2.22. The number of nitrogens with zero attached hydrogens (tertiary/aromatic N) is 1. The average Bonchev–Trinajstić information content (AvgIpc) is 2.46. The van der Waals surface area contributed by atoms with Gasteiger partial charge in [0.25, 0.3) is 0 Å². The minimum absolute atomic E-state index is 0.229. The van der Waals surface area contributed by atoms with Gasteiger partial charge in [0, 0.05) is 0 Å². The minimum atomic E-state index is -0.229. The third kappa shape index (κ3) is 5.16. The molecule has 1 saturated heterocycles. The van der Waals surface area contributed by atoms with Gasteiger partial charge in [0.1, 0.15) is 18.2 Å². The van der Waals surface area contributed by atoms with Gasteiger partial charge in [-0.05, 0) is 70.0 Å². The molecule has 1 fully saturated rings. The molecule has 2 rings (SSSR count). The second-order valence-corrected chi connectivity index (χ2v) is 6.29. The van der Waals surface area contributed by atoms with Gasteiger partial charge in [-0.25, -0.2) is 4.39 Å². The van der Waals surface area contributed by atoms with Crippen molar-refractivity contribution in [3.05, 3.63) is 41.7 Å². The number of halogens is 1. The molecular formula is C18H26FNO. The lowest BCUT2D eigenvalue weighted by molar-refractivity contribution is 0.122. The standard InChI is InChI=1S/C18H26FNO/c1-14(2)12-17(20-10-8-15(3)9-11-20)13-21-18-6-4-16(19)5-7-18/h4-7,12,15,17H,8-11,13H2,1-3H3. The zero-order valence-electron chi connectivity index (χ0n) is 13.3. The lowest BCUT2D eigenvalue weighted by Gasteiger charge is -2.35. The number of ether oxygens (including phenoxy) is 1. The molecule has 0 N–H and O–H groups in total. The molecule has 0 amide bonds. The highest BCUT2D eigenvalue weighted by Crippen LogP contribution is 2.20. The van der Waals surface area contributed by atoms with Crippen molar-refractivity contribution in [3.63, 3.8) is 0 Å². The van der Waals surface area contributed by atoms with Gasteiger partial charge in [-0.1, -0.05) is 18.6 Å². The first kappa shape index (κ1) is 16.0. The summed E-state index contributed by atoms with van der Waals surface area (Å²) in [6.07, 6.45) is 4.78. The summed E-state index contributed by atoms with van der Waals surface area (Å²) in [6.45, 7) is 9.44. The smallest absolute Gasteiger partial charge is 0.123 e. The highest BCUT2D eigenvalue weighted by atomic mass is 19.1. The molecule has 1 atom stereocenters. The molecular weight excluding hydrogens is 265 g/mol. The molecule has 0 bridgehead atoms. The third-order valence-corrected chi connectivity index (χ3v) is 4.05. The third-order valence-electron chi connectivity index (χ3n) is 4.05. The van der Waals surface area contributed by atoms with Crippen molar-refractivity contribution < 1.29 is 9.13 Å². The Morgan fingerprint density at radius 1 is 1.29 bits per heavy atom. The van der Waals surface area contributed by atoms with Gasteiger partial charge in [0.05, 0.1) is 6.04 Å². The van der Waals surface area contributed by atoms with Crippen molar-refractivity contribution in [1.82, 2.24) is 4.90 Å². The van der Waals surface area contributed by atoms with Crippen LogP contribution in [0.5, 0.6) is 5.75 Å². The van der Waals surface area contributed by atoms with Crippen LogP contribution in [0.25, 0.3) is 0 Å². The molecule has 1 aliphatic rings. The first-order valence-corrected chi connectivity index (χ1v) is 7.82. The number of benzene rings is 1. The number of likely N-dealkylation sites (tertiary alicyclic amines) is 1. The molecule has 0 radical (unpaired) electrons. The monoisotopic (exact) mass is 291 g/mol. The molecule has 0 saturated carbocycles. The van der Waals surface area contributed by atoms with Crippen LogP contribution in [0.3, 0.4) is 0 Å². The maximum atomic E-state index is 12.9. The van der Waals surface area contributed by atoms with Crippen molar-refractivity contribution >= 4 is 0 Å². The number of rotatable bonds is 5. The molecule has 0 aromatic heterocycles. The first-order valence-electron chi connectivity index (χ1n) is 7.82. The van der Waals surface area contributed by atoms with Gasteiger partial charge in [-0.3, -0.25) is 4.90 Å². The van der Waals surface area contributed by atoms with E-state index >= 15 is 0 Å². The van der Waals surface area contributed by atoms with Crippen LogP contribution in [0, 0.1) is 11.7 Å². The van der Waals surface area contributed by atoms with Crippen molar-refractivity contribution in [2.45, 2.75) is 39.7 Å². The van der Waals surface area contributed by atoms with E-state index < -0.39 is 0 Å². The largest absolute Gasteiger partial charge is 0.492 e. The topological polar surface area (TPSA) is 12.5 Å². The van der Waals surface area contributed by atoms with E-state index in [4.69, 9.17) is 4.74 Å². The summed E-state index contributed by atoms with van der Waals surface area (Å²) < 4.78 is 18.8. The summed E-state index contributed by atoms with van der Waals surface area (Å²) in [5, 5.41) is 0. The summed E-state index contributed by atoms with van der Waals surface area (Å²) >= 11 is 0. The molecule has 0 aliphatic carbocycles. The Kier molecular flexibility index (Phi) is 5.80. The Morgan fingerprint density at radius 3 is 2.48 bits per heavy atom. The average molecular weight is 291 g/mol. The van der Waals surface area contributed by atoms with E-state index in [0.717, 1.165) is 24.8 Å².